The summed E-state index contributed by atoms with van der Waals surface area (Å²) >= 11 is 6.27. The first kappa shape index (κ1) is 22.6. The lowest BCUT2D eigenvalue weighted by atomic mass is 10.2. The second-order valence-corrected chi connectivity index (χ2v) is 7.03. The van der Waals surface area contributed by atoms with Gasteiger partial charge < -0.3 is 19.1 Å². The summed E-state index contributed by atoms with van der Waals surface area (Å²) in [5, 5.41) is 0.225. The molecule has 29 heavy (non-hydrogen) atoms. The molecule has 0 N–H and O–H groups in total. The van der Waals surface area contributed by atoms with E-state index in [2.05, 4.69) is 0 Å². The molecule has 7 heteroatoms. The number of hydrogen-bond donors (Lipinski definition) is 0. The van der Waals surface area contributed by atoms with Gasteiger partial charge in [-0.2, -0.15) is 0 Å². The third-order valence-electron chi connectivity index (χ3n) is 4.10. The SMILES string of the molecule is CCN(C(=O)[C@H](C)OC(=O)c1cc(Cl)c(OC(C)C)c(OC)c1)c1ccccc1. The number of anilines is 1. The molecule has 0 unspecified atom stereocenters. The summed E-state index contributed by atoms with van der Waals surface area (Å²) in [6.07, 6.45) is -1.09. The zero-order chi connectivity index (χ0) is 21.6. The van der Waals surface area contributed by atoms with Crippen molar-refractivity contribution in [2.24, 2.45) is 0 Å². The average molecular weight is 420 g/mol. The van der Waals surface area contributed by atoms with Gasteiger partial charge in [0.2, 0.25) is 0 Å². The zero-order valence-electron chi connectivity index (χ0n) is 17.3. The summed E-state index contributed by atoms with van der Waals surface area (Å²) in [6.45, 7) is 7.57. The van der Waals surface area contributed by atoms with E-state index in [1.807, 2.05) is 51.1 Å². The maximum Gasteiger partial charge on any atom is 0.339 e. The van der Waals surface area contributed by atoms with Crippen molar-refractivity contribution in [3.8, 4) is 11.5 Å². The van der Waals surface area contributed by atoms with Crippen molar-refractivity contribution in [2.75, 3.05) is 18.6 Å². The van der Waals surface area contributed by atoms with Gasteiger partial charge in [-0.1, -0.05) is 29.8 Å². The smallest absolute Gasteiger partial charge is 0.339 e. The number of hydrogen-bond acceptors (Lipinski definition) is 5. The van der Waals surface area contributed by atoms with Crippen LogP contribution < -0.4 is 14.4 Å². The van der Waals surface area contributed by atoms with Gasteiger partial charge in [0.1, 0.15) is 0 Å². The summed E-state index contributed by atoms with van der Waals surface area (Å²) in [4.78, 5) is 27.0. The fraction of sp³-hybridized carbons (Fsp3) is 0.364. The van der Waals surface area contributed by atoms with E-state index in [0.29, 0.717) is 18.0 Å². The lowest BCUT2D eigenvalue weighted by molar-refractivity contribution is -0.126. The number of ether oxygens (including phenoxy) is 3. The highest BCUT2D eigenvalue weighted by atomic mass is 35.5. The summed E-state index contributed by atoms with van der Waals surface area (Å²) < 4.78 is 16.3. The van der Waals surface area contributed by atoms with Gasteiger partial charge >= 0.3 is 5.97 Å². The first-order valence-corrected chi connectivity index (χ1v) is 9.77. The number of carbonyl (C=O) groups excluding carboxylic acids is 2. The Morgan fingerprint density at radius 2 is 1.76 bits per heavy atom. The second-order valence-electron chi connectivity index (χ2n) is 6.62. The molecule has 0 aliphatic rings. The number of para-hydroxylation sites is 1. The van der Waals surface area contributed by atoms with E-state index in [9.17, 15) is 9.59 Å². The molecule has 0 aliphatic carbocycles. The molecule has 2 aromatic carbocycles. The van der Waals surface area contributed by atoms with Crippen LogP contribution in [0.4, 0.5) is 5.69 Å². The van der Waals surface area contributed by atoms with E-state index >= 15 is 0 Å². The zero-order valence-corrected chi connectivity index (χ0v) is 18.0. The Morgan fingerprint density at radius 3 is 2.31 bits per heavy atom. The van der Waals surface area contributed by atoms with Crippen molar-refractivity contribution in [3.63, 3.8) is 0 Å². The standard InChI is InChI=1S/C22H26ClNO5/c1-6-24(17-10-8-7-9-11-17)21(25)15(4)29-22(26)16-12-18(23)20(28-14(2)3)19(13-16)27-5/h7-15H,6H2,1-5H3/t15-/m0/s1. The van der Waals surface area contributed by atoms with E-state index in [-0.39, 0.29) is 22.6 Å². The quantitative estimate of drug-likeness (QED) is 0.578. The summed E-state index contributed by atoms with van der Waals surface area (Å²) in [5.41, 5.74) is 0.910. The highest BCUT2D eigenvalue weighted by molar-refractivity contribution is 6.32. The van der Waals surface area contributed by atoms with Crippen LogP contribution >= 0.6 is 11.6 Å². The van der Waals surface area contributed by atoms with Crippen LogP contribution in [0.25, 0.3) is 0 Å². The molecule has 0 saturated carbocycles. The van der Waals surface area contributed by atoms with Crippen LogP contribution in [0, 0.1) is 0 Å². The molecule has 0 heterocycles. The maximum absolute atomic E-state index is 12.8. The van der Waals surface area contributed by atoms with Gasteiger partial charge in [-0.15, -0.1) is 0 Å². The van der Waals surface area contributed by atoms with Gasteiger partial charge in [-0.25, -0.2) is 4.79 Å². The summed E-state index contributed by atoms with van der Waals surface area (Å²) in [6, 6.07) is 12.1. The minimum atomic E-state index is -0.973. The van der Waals surface area contributed by atoms with Crippen molar-refractivity contribution in [2.45, 2.75) is 39.9 Å². The lowest BCUT2D eigenvalue weighted by Gasteiger charge is -2.24. The summed E-state index contributed by atoms with van der Waals surface area (Å²) in [5.74, 6) is -0.321. The number of amides is 1. The molecule has 2 rings (SSSR count). The van der Waals surface area contributed by atoms with Crippen molar-refractivity contribution in [3.05, 3.63) is 53.1 Å². The molecule has 0 spiro atoms. The molecule has 0 saturated heterocycles. The molecule has 0 radical (unpaired) electrons. The summed E-state index contributed by atoms with van der Waals surface area (Å²) in [7, 11) is 1.46. The van der Waals surface area contributed by atoms with Crippen LogP contribution in [-0.2, 0) is 9.53 Å². The van der Waals surface area contributed by atoms with E-state index in [1.54, 1.807) is 11.8 Å². The van der Waals surface area contributed by atoms with Crippen LogP contribution in [0.1, 0.15) is 38.1 Å². The van der Waals surface area contributed by atoms with Crippen molar-refractivity contribution in [1.29, 1.82) is 0 Å². The van der Waals surface area contributed by atoms with Crippen LogP contribution in [0.5, 0.6) is 11.5 Å². The Balaban J connectivity index is 2.18. The third kappa shape index (κ3) is 5.64. The van der Waals surface area contributed by atoms with E-state index in [1.165, 1.54) is 19.2 Å². The average Bonchev–Trinajstić information content (AvgIpc) is 2.70. The van der Waals surface area contributed by atoms with Crippen LogP contribution in [0.15, 0.2) is 42.5 Å². The molecular formula is C22H26ClNO5. The largest absolute Gasteiger partial charge is 0.493 e. The number of carbonyl (C=O) groups is 2. The Bertz CT molecular complexity index is 854. The van der Waals surface area contributed by atoms with Gasteiger partial charge in [0.25, 0.3) is 5.91 Å². The van der Waals surface area contributed by atoms with Crippen molar-refractivity contribution < 1.29 is 23.8 Å². The molecule has 156 valence electrons. The Morgan fingerprint density at radius 1 is 1.10 bits per heavy atom. The van der Waals surface area contributed by atoms with Crippen LogP contribution in [0.3, 0.4) is 0 Å². The number of methoxy groups -OCH3 is 1. The van der Waals surface area contributed by atoms with Crippen LogP contribution in [0.2, 0.25) is 5.02 Å². The lowest BCUT2D eigenvalue weighted by Crippen LogP contribution is -2.40. The van der Waals surface area contributed by atoms with Gasteiger partial charge in [0, 0.05) is 12.2 Å². The Kier molecular flexibility index (Phi) is 7.91. The number of rotatable bonds is 8. The maximum atomic E-state index is 12.8. The predicted molar refractivity (Wildman–Crippen MR) is 113 cm³/mol. The Labute approximate surface area is 176 Å². The number of likely N-dealkylation sites (N-methyl/N-ethyl adjacent to an activating group) is 1. The fourth-order valence-electron chi connectivity index (χ4n) is 2.76. The van der Waals surface area contributed by atoms with E-state index in [0.717, 1.165) is 5.69 Å². The number of benzene rings is 2. The minimum Gasteiger partial charge on any atom is -0.493 e. The van der Waals surface area contributed by atoms with Gasteiger partial charge in [-0.3, -0.25) is 4.79 Å². The van der Waals surface area contributed by atoms with Crippen molar-refractivity contribution in [1.82, 2.24) is 0 Å². The highest BCUT2D eigenvalue weighted by Gasteiger charge is 2.26. The third-order valence-corrected chi connectivity index (χ3v) is 4.38. The van der Waals surface area contributed by atoms with Gasteiger partial charge in [-0.05, 0) is 52.0 Å². The fourth-order valence-corrected chi connectivity index (χ4v) is 3.02. The van der Waals surface area contributed by atoms with E-state index in [4.69, 9.17) is 25.8 Å². The second kappa shape index (κ2) is 10.2. The van der Waals surface area contributed by atoms with Gasteiger partial charge in [0.05, 0.1) is 23.8 Å². The molecule has 0 aliphatic heterocycles. The van der Waals surface area contributed by atoms with Gasteiger partial charge in [0.15, 0.2) is 17.6 Å². The topological polar surface area (TPSA) is 65.1 Å². The molecule has 1 atom stereocenters. The Hall–Kier alpha value is -2.73. The molecule has 2 aromatic rings. The van der Waals surface area contributed by atoms with Crippen LogP contribution in [-0.4, -0.2) is 37.7 Å². The minimum absolute atomic E-state index is 0.116. The molecule has 6 nitrogen and oxygen atoms in total. The number of halogens is 1. The van der Waals surface area contributed by atoms with E-state index < -0.39 is 12.1 Å². The highest BCUT2D eigenvalue weighted by Crippen LogP contribution is 2.37. The number of esters is 1. The predicted octanol–water partition coefficient (Wildman–Crippen LogP) is 4.73. The molecular weight excluding hydrogens is 394 g/mol. The monoisotopic (exact) mass is 419 g/mol. The number of nitrogens with zero attached hydrogens (tertiary/aromatic N) is 1. The molecule has 1 amide bonds. The molecule has 0 aromatic heterocycles. The first-order chi connectivity index (χ1) is 13.8. The normalized spacial score (nSPS) is 11.7. The molecule has 0 fully saturated rings. The van der Waals surface area contributed by atoms with Crippen molar-refractivity contribution >= 4 is 29.2 Å². The first-order valence-electron chi connectivity index (χ1n) is 9.40. The molecule has 0 bridgehead atoms.